The highest BCUT2D eigenvalue weighted by Crippen LogP contribution is 1.91. The zero-order chi connectivity index (χ0) is 12.1. The third-order valence-corrected chi connectivity index (χ3v) is 1.68. The van der Waals surface area contributed by atoms with Gasteiger partial charge in [0.05, 0.1) is 38.9 Å². The molecule has 0 aromatic carbocycles. The minimum absolute atomic E-state index is 0.184. The lowest BCUT2D eigenvalue weighted by Crippen LogP contribution is -2.12. The Bertz CT molecular complexity index is 213. The second kappa shape index (κ2) is 12.0. The monoisotopic (exact) mass is 229 g/mol. The van der Waals surface area contributed by atoms with Gasteiger partial charge in [0, 0.05) is 6.42 Å². The van der Waals surface area contributed by atoms with E-state index in [1.165, 1.54) is 0 Å². The van der Waals surface area contributed by atoms with Gasteiger partial charge in [-0.3, -0.25) is 4.79 Å². The van der Waals surface area contributed by atoms with Crippen LogP contribution in [0.2, 0.25) is 0 Å². The zero-order valence-electron chi connectivity index (χ0n) is 9.74. The van der Waals surface area contributed by atoms with Gasteiger partial charge in [0.1, 0.15) is 6.61 Å². The first kappa shape index (κ1) is 14.9. The van der Waals surface area contributed by atoms with Crippen LogP contribution in [-0.4, -0.2) is 39.0 Å². The molecule has 0 N–H and O–H groups in total. The lowest BCUT2D eigenvalue weighted by atomic mass is 10.3. The lowest BCUT2D eigenvalue weighted by Gasteiger charge is -2.05. The second-order valence-corrected chi connectivity index (χ2v) is 3.10. The average Bonchev–Trinajstić information content (AvgIpc) is 2.27. The summed E-state index contributed by atoms with van der Waals surface area (Å²) in [5.74, 6) is -0.184. The Hall–Kier alpha value is -1.12. The quantitative estimate of drug-likeness (QED) is 0.417. The molecule has 0 atom stereocenters. The van der Waals surface area contributed by atoms with E-state index >= 15 is 0 Å². The minimum Gasteiger partial charge on any atom is -0.463 e. The van der Waals surface area contributed by atoms with E-state index in [-0.39, 0.29) is 12.6 Å². The maximum Gasteiger partial charge on any atom is 0.305 e. The van der Waals surface area contributed by atoms with Gasteiger partial charge in [-0.25, -0.2) is 0 Å². The van der Waals surface area contributed by atoms with Crippen molar-refractivity contribution in [3.05, 3.63) is 0 Å². The van der Waals surface area contributed by atoms with Crippen LogP contribution in [0.15, 0.2) is 0 Å². The number of nitriles is 1. The largest absolute Gasteiger partial charge is 0.463 e. The molecule has 0 fully saturated rings. The van der Waals surface area contributed by atoms with E-state index in [0.717, 1.165) is 6.42 Å². The van der Waals surface area contributed by atoms with E-state index in [1.807, 2.05) is 13.0 Å². The van der Waals surface area contributed by atoms with Crippen molar-refractivity contribution >= 4 is 5.97 Å². The fourth-order valence-corrected chi connectivity index (χ4v) is 0.931. The maximum absolute atomic E-state index is 10.9. The van der Waals surface area contributed by atoms with Gasteiger partial charge < -0.3 is 14.2 Å². The molecule has 0 aliphatic carbocycles. The van der Waals surface area contributed by atoms with Crippen molar-refractivity contribution in [3.8, 4) is 6.07 Å². The standard InChI is InChI=1S/C11H19NO4/c1-2-4-11(13)16-10-9-15-8-7-14-6-3-5-12/h2-4,6-10H2,1H3. The molecule has 0 heterocycles. The SMILES string of the molecule is CCCC(=O)OCCOCCOCCC#N. The van der Waals surface area contributed by atoms with Crippen LogP contribution >= 0.6 is 0 Å². The molecule has 0 rings (SSSR count). The first-order valence-corrected chi connectivity index (χ1v) is 5.49. The Kier molecular flexibility index (Phi) is 11.1. The first-order chi connectivity index (χ1) is 7.81. The summed E-state index contributed by atoms with van der Waals surface area (Å²) in [6, 6.07) is 1.98. The van der Waals surface area contributed by atoms with Crippen LogP contribution < -0.4 is 0 Å². The van der Waals surface area contributed by atoms with E-state index in [1.54, 1.807) is 0 Å². The van der Waals surface area contributed by atoms with Crippen LogP contribution in [0.3, 0.4) is 0 Å². The number of esters is 1. The molecule has 5 nitrogen and oxygen atoms in total. The van der Waals surface area contributed by atoms with Crippen molar-refractivity contribution in [1.29, 1.82) is 5.26 Å². The first-order valence-electron chi connectivity index (χ1n) is 5.49. The number of ether oxygens (including phenoxy) is 3. The molecule has 5 heteroatoms. The topological polar surface area (TPSA) is 68.6 Å². The normalized spacial score (nSPS) is 9.75. The summed E-state index contributed by atoms with van der Waals surface area (Å²) >= 11 is 0. The Morgan fingerprint density at radius 3 is 2.38 bits per heavy atom. The maximum atomic E-state index is 10.9. The number of nitrogens with zero attached hydrogens (tertiary/aromatic N) is 1. The fourth-order valence-electron chi connectivity index (χ4n) is 0.931. The summed E-state index contributed by atoms with van der Waals surface area (Å²) in [6.45, 7) is 3.96. The highest BCUT2D eigenvalue weighted by Gasteiger charge is 1.99. The lowest BCUT2D eigenvalue weighted by molar-refractivity contribution is -0.145. The van der Waals surface area contributed by atoms with Gasteiger partial charge in [0.15, 0.2) is 0 Å². The summed E-state index contributed by atoms with van der Waals surface area (Å²) < 4.78 is 15.1. The molecular formula is C11H19NO4. The van der Waals surface area contributed by atoms with E-state index in [9.17, 15) is 4.79 Å². The summed E-state index contributed by atoms with van der Waals surface area (Å²) in [5, 5.41) is 8.22. The predicted octanol–water partition coefficient (Wildman–Crippen LogP) is 1.28. The van der Waals surface area contributed by atoms with Crippen molar-refractivity contribution in [2.75, 3.05) is 33.0 Å². The third kappa shape index (κ3) is 11.0. The molecule has 0 saturated heterocycles. The second-order valence-electron chi connectivity index (χ2n) is 3.10. The molecule has 0 unspecified atom stereocenters. The van der Waals surface area contributed by atoms with Crippen LogP contribution in [0.4, 0.5) is 0 Å². The summed E-state index contributed by atoms with van der Waals surface area (Å²) in [6.07, 6.45) is 1.65. The number of carbonyl (C=O) groups excluding carboxylic acids is 1. The molecule has 0 aromatic heterocycles. The van der Waals surface area contributed by atoms with Crippen LogP contribution in [0.1, 0.15) is 26.2 Å². The molecule has 16 heavy (non-hydrogen) atoms. The van der Waals surface area contributed by atoms with Crippen molar-refractivity contribution in [1.82, 2.24) is 0 Å². The minimum atomic E-state index is -0.184. The molecule has 0 saturated carbocycles. The van der Waals surface area contributed by atoms with Crippen LogP contribution in [0.5, 0.6) is 0 Å². The van der Waals surface area contributed by atoms with Gasteiger partial charge in [-0.2, -0.15) is 5.26 Å². The van der Waals surface area contributed by atoms with Gasteiger partial charge in [0.25, 0.3) is 0 Å². The highest BCUT2D eigenvalue weighted by atomic mass is 16.6. The summed E-state index contributed by atoms with van der Waals surface area (Å²) in [5.41, 5.74) is 0. The smallest absolute Gasteiger partial charge is 0.305 e. The van der Waals surface area contributed by atoms with Crippen LogP contribution in [0, 0.1) is 11.3 Å². The average molecular weight is 229 g/mol. The predicted molar refractivity (Wildman–Crippen MR) is 57.7 cm³/mol. The Morgan fingerprint density at radius 1 is 1.12 bits per heavy atom. The van der Waals surface area contributed by atoms with Crippen molar-refractivity contribution in [2.45, 2.75) is 26.2 Å². The van der Waals surface area contributed by atoms with Crippen LogP contribution in [-0.2, 0) is 19.0 Å². The fraction of sp³-hybridized carbons (Fsp3) is 0.818. The van der Waals surface area contributed by atoms with Gasteiger partial charge >= 0.3 is 5.97 Å². The van der Waals surface area contributed by atoms with Gasteiger partial charge in [0.2, 0.25) is 0 Å². The van der Waals surface area contributed by atoms with Crippen molar-refractivity contribution in [3.63, 3.8) is 0 Å². The summed E-state index contributed by atoms with van der Waals surface area (Å²) in [4.78, 5) is 10.9. The number of rotatable bonds is 10. The van der Waals surface area contributed by atoms with Gasteiger partial charge in [-0.05, 0) is 6.42 Å². The number of hydrogen-bond donors (Lipinski definition) is 0. The van der Waals surface area contributed by atoms with E-state index in [2.05, 4.69) is 0 Å². The van der Waals surface area contributed by atoms with Gasteiger partial charge in [-0.1, -0.05) is 6.92 Å². The number of hydrogen-bond acceptors (Lipinski definition) is 5. The molecule has 0 spiro atoms. The molecule has 0 bridgehead atoms. The molecular weight excluding hydrogens is 210 g/mol. The molecule has 0 aromatic rings. The molecule has 92 valence electrons. The third-order valence-electron chi connectivity index (χ3n) is 1.68. The molecule has 0 radical (unpaired) electrons. The Labute approximate surface area is 96.3 Å². The van der Waals surface area contributed by atoms with E-state index in [4.69, 9.17) is 19.5 Å². The molecule has 0 aliphatic heterocycles. The van der Waals surface area contributed by atoms with E-state index < -0.39 is 0 Å². The van der Waals surface area contributed by atoms with E-state index in [0.29, 0.717) is 39.3 Å². The van der Waals surface area contributed by atoms with Crippen molar-refractivity contribution in [2.24, 2.45) is 0 Å². The van der Waals surface area contributed by atoms with Crippen molar-refractivity contribution < 1.29 is 19.0 Å². The summed E-state index contributed by atoms with van der Waals surface area (Å²) in [7, 11) is 0. The molecule has 0 amide bonds. The Morgan fingerprint density at radius 2 is 1.75 bits per heavy atom. The highest BCUT2D eigenvalue weighted by molar-refractivity contribution is 5.69. The Balaban J connectivity index is 3.04. The molecule has 0 aliphatic rings. The number of carbonyl (C=O) groups is 1. The zero-order valence-corrected chi connectivity index (χ0v) is 9.74. The van der Waals surface area contributed by atoms with Crippen LogP contribution in [0.25, 0.3) is 0 Å². The van der Waals surface area contributed by atoms with Gasteiger partial charge in [-0.15, -0.1) is 0 Å².